The number of nitrogens with one attached hydrogen (secondary N) is 2. The van der Waals surface area contributed by atoms with E-state index >= 15 is 0 Å². The average Bonchev–Trinajstić information content (AvgIpc) is 3.27. The van der Waals surface area contributed by atoms with Crippen LogP contribution in [0, 0.1) is 0 Å². The highest BCUT2D eigenvalue weighted by Crippen LogP contribution is 2.25. The van der Waals surface area contributed by atoms with Gasteiger partial charge in [0.15, 0.2) is 5.78 Å². The summed E-state index contributed by atoms with van der Waals surface area (Å²) >= 11 is 1.64. The Bertz CT molecular complexity index is 1160. The van der Waals surface area contributed by atoms with Gasteiger partial charge in [0, 0.05) is 18.8 Å². The van der Waals surface area contributed by atoms with Gasteiger partial charge in [-0.15, -0.1) is 0 Å². The van der Waals surface area contributed by atoms with E-state index < -0.39 is 6.04 Å². The Balaban J connectivity index is 1.78. The summed E-state index contributed by atoms with van der Waals surface area (Å²) in [6.07, 6.45) is 10.4. The van der Waals surface area contributed by atoms with Gasteiger partial charge in [0.05, 0.1) is 24.5 Å². The van der Waals surface area contributed by atoms with Crippen LogP contribution in [0.15, 0.2) is 67.1 Å². The number of ketones is 1. The lowest BCUT2D eigenvalue weighted by Crippen LogP contribution is -2.45. The molecule has 0 bridgehead atoms. The Labute approximate surface area is 203 Å². The van der Waals surface area contributed by atoms with Gasteiger partial charge >= 0.3 is 0 Å². The van der Waals surface area contributed by atoms with Crippen molar-refractivity contribution in [2.24, 2.45) is 7.05 Å². The molecule has 3 rings (SSSR count). The van der Waals surface area contributed by atoms with E-state index in [-0.39, 0.29) is 18.1 Å². The van der Waals surface area contributed by atoms with Crippen LogP contribution < -0.4 is 10.9 Å². The van der Waals surface area contributed by atoms with Crippen molar-refractivity contribution in [2.75, 3.05) is 12.0 Å². The minimum absolute atomic E-state index is 0.0591. The monoisotopic (exact) mass is 476 g/mol. The maximum absolute atomic E-state index is 12.9. The molecule has 1 aromatic heterocycles. The van der Waals surface area contributed by atoms with E-state index in [2.05, 4.69) is 15.8 Å². The fourth-order valence-corrected chi connectivity index (χ4v) is 3.84. The summed E-state index contributed by atoms with van der Waals surface area (Å²) in [6, 6.07) is 14.5. The number of aryl methyl sites for hydroxylation is 1. The van der Waals surface area contributed by atoms with Crippen LogP contribution >= 0.6 is 11.8 Å². The van der Waals surface area contributed by atoms with Crippen molar-refractivity contribution in [1.82, 2.24) is 20.4 Å². The number of thioether (sulfide) groups is 1. The molecule has 1 atom stereocenters. The third kappa shape index (κ3) is 7.26. The molecule has 2 aromatic carbocycles. The first-order valence-corrected chi connectivity index (χ1v) is 12.3. The van der Waals surface area contributed by atoms with Crippen molar-refractivity contribution in [1.29, 1.82) is 0 Å². The van der Waals surface area contributed by atoms with Gasteiger partial charge in [-0.2, -0.15) is 11.8 Å². The van der Waals surface area contributed by atoms with Crippen molar-refractivity contribution in [3.05, 3.63) is 84.0 Å². The molecule has 2 N–H and O–H groups in total. The molecule has 0 aliphatic rings. The SMILES string of the molecule is CSCC[C@H](C=O)NNC(=O)c1ccc(/C=C/C(=O)Cc2cn(C)cn2)cc1-c1ccccc1. The van der Waals surface area contributed by atoms with Crippen LogP contribution in [0.25, 0.3) is 17.2 Å². The van der Waals surface area contributed by atoms with Gasteiger partial charge in [-0.1, -0.05) is 42.5 Å². The Morgan fingerprint density at radius 1 is 1.18 bits per heavy atom. The summed E-state index contributed by atoms with van der Waals surface area (Å²) in [6.45, 7) is 0. The molecule has 0 aliphatic carbocycles. The number of imidazole rings is 1. The van der Waals surface area contributed by atoms with Crippen LogP contribution in [-0.2, 0) is 23.1 Å². The summed E-state index contributed by atoms with van der Waals surface area (Å²) in [5, 5.41) is 0. The second-order valence-electron chi connectivity index (χ2n) is 7.80. The Kier molecular flexibility index (Phi) is 9.37. The van der Waals surface area contributed by atoms with E-state index in [0.29, 0.717) is 17.7 Å². The number of rotatable bonds is 12. The van der Waals surface area contributed by atoms with Gasteiger partial charge in [-0.3, -0.25) is 15.0 Å². The molecule has 1 heterocycles. The number of allylic oxidation sites excluding steroid dienone is 1. The Morgan fingerprint density at radius 3 is 2.65 bits per heavy atom. The van der Waals surface area contributed by atoms with Gasteiger partial charge in [0.25, 0.3) is 5.91 Å². The zero-order valence-electron chi connectivity index (χ0n) is 19.2. The Morgan fingerprint density at radius 2 is 1.97 bits per heavy atom. The van der Waals surface area contributed by atoms with Crippen LogP contribution in [-0.4, -0.2) is 45.6 Å². The fourth-order valence-electron chi connectivity index (χ4n) is 3.35. The quantitative estimate of drug-likeness (QED) is 0.236. The van der Waals surface area contributed by atoms with Crippen LogP contribution in [0.3, 0.4) is 0 Å². The maximum Gasteiger partial charge on any atom is 0.266 e. The molecular formula is C26H28N4O3S. The predicted molar refractivity (Wildman–Crippen MR) is 136 cm³/mol. The van der Waals surface area contributed by atoms with Crippen LogP contribution in [0.1, 0.15) is 28.0 Å². The van der Waals surface area contributed by atoms with Crippen molar-refractivity contribution < 1.29 is 14.4 Å². The standard InChI is InChI=1S/C26H28N4O3S/c1-30-16-22(27-18-30)15-23(32)10-8-19-9-11-24(25(14-19)20-6-4-3-5-7-20)26(33)29-28-21(17-31)12-13-34-2/h3-11,14,16-18,21,28H,12-13,15H2,1-2H3,(H,29,33)/b10-8+/t21-/m1/s1. The molecule has 0 saturated heterocycles. The molecule has 1 amide bonds. The number of carbonyl (C=O) groups is 3. The fraction of sp³-hybridized carbons (Fsp3) is 0.231. The van der Waals surface area contributed by atoms with Crippen LogP contribution in [0.5, 0.6) is 0 Å². The predicted octanol–water partition coefficient (Wildman–Crippen LogP) is 3.47. The lowest BCUT2D eigenvalue weighted by molar-refractivity contribution is -0.114. The lowest BCUT2D eigenvalue weighted by Gasteiger charge is -2.15. The minimum atomic E-state index is -0.455. The molecule has 7 nitrogen and oxygen atoms in total. The largest absolute Gasteiger partial charge is 0.340 e. The van der Waals surface area contributed by atoms with Crippen LogP contribution in [0.4, 0.5) is 0 Å². The summed E-state index contributed by atoms with van der Waals surface area (Å²) in [7, 11) is 1.86. The zero-order chi connectivity index (χ0) is 24.3. The highest BCUT2D eigenvalue weighted by Gasteiger charge is 2.15. The summed E-state index contributed by atoms with van der Waals surface area (Å²) in [5.41, 5.74) is 9.04. The minimum Gasteiger partial charge on any atom is -0.340 e. The van der Waals surface area contributed by atoms with Gasteiger partial charge in [-0.05, 0) is 53.3 Å². The normalized spacial score (nSPS) is 11.9. The van der Waals surface area contributed by atoms with Gasteiger partial charge < -0.3 is 9.36 Å². The highest BCUT2D eigenvalue weighted by atomic mass is 32.2. The third-order valence-corrected chi connectivity index (χ3v) is 5.76. The molecule has 34 heavy (non-hydrogen) atoms. The molecule has 0 fully saturated rings. The molecule has 0 aliphatic heterocycles. The second-order valence-corrected chi connectivity index (χ2v) is 8.79. The van der Waals surface area contributed by atoms with Crippen molar-refractivity contribution in [3.8, 4) is 11.1 Å². The highest BCUT2D eigenvalue weighted by molar-refractivity contribution is 7.98. The van der Waals surface area contributed by atoms with E-state index in [1.807, 2.05) is 55.9 Å². The summed E-state index contributed by atoms with van der Waals surface area (Å²) in [5.74, 6) is 0.412. The van der Waals surface area contributed by atoms with E-state index in [1.165, 1.54) is 6.08 Å². The number of amides is 1. The summed E-state index contributed by atoms with van der Waals surface area (Å²) in [4.78, 5) is 40.7. The molecule has 3 aromatic rings. The number of hydrazine groups is 1. The van der Waals surface area contributed by atoms with Crippen molar-refractivity contribution in [3.63, 3.8) is 0 Å². The Hall–Kier alpha value is -3.49. The smallest absolute Gasteiger partial charge is 0.266 e. The number of aldehydes is 1. The molecule has 8 heteroatoms. The first kappa shape index (κ1) is 25.1. The van der Waals surface area contributed by atoms with Crippen molar-refractivity contribution >= 4 is 35.8 Å². The molecule has 0 spiro atoms. The second kappa shape index (κ2) is 12.7. The molecular weight excluding hydrogens is 448 g/mol. The first-order chi connectivity index (χ1) is 16.5. The molecule has 0 radical (unpaired) electrons. The number of nitrogens with zero attached hydrogens (tertiary/aromatic N) is 2. The number of benzene rings is 2. The zero-order valence-corrected chi connectivity index (χ0v) is 20.0. The number of carbonyl (C=O) groups excluding carboxylic acids is 3. The van der Waals surface area contributed by atoms with Gasteiger partial charge in [0.1, 0.15) is 6.29 Å². The van der Waals surface area contributed by atoms with Crippen LogP contribution in [0.2, 0.25) is 0 Å². The van der Waals surface area contributed by atoms with Gasteiger partial charge in [0.2, 0.25) is 0 Å². The van der Waals surface area contributed by atoms with E-state index in [4.69, 9.17) is 0 Å². The molecule has 0 saturated carbocycles. The lowest BCUT2D eigenvalue weighted by atomic mass is 9.96. The molecule has 0 unspecified atom stereocenters. The van der Waals surface area contributed by atoms with E-state index in [0.717, 1.165) is 28.7 Å². The topological polar surface area (TPSA) is 93.1 Å². The maximum atomic E-state index is 12.9. The summed E-state index contributed by atoms with van der Waals surface area (Å²) < 4.78 is 1.80. The number of hydrogen-bond donors (Lipinski definition) is 2. The first-order valence-electron chi connectivity index (χ1n) is 10.9. The molecule has 176 valence electrons. The van der Waals surface area contributed by atoms with E-state index in [1.54, 1.807) is 40.9 Å². The third-order valence-electron chi connectivity index (χ3n) is 5.12. The van der Waals surface area contributed by atoms with E-state index in [9.17, 15) is 14.4 Å². The number of hydrogen-bond acceptors (Lipinski definition) is 6. The van der Waals surface area contributed by atoms with Gasteiger partial charge in [-0.25, -0.2) is 10.4 Å². The average molecular weight is 477 g/mol. The number of aromatic nitrogens is 2. The van der Waals surface area contributed by atoms with Crippen molar-refractivity contribution in [2.45, 2.75) is 18.9 Å².